The minimum Gasteiger partial charge on any atom is -0.489 e. The van der Waals surface area contributed by atoms with Crippen LogP contribution in [0.1, 0.15) is 11.3 Å². The van der Waals surface area contributed by atoms with Crippen molar-refractivity contribution >= 4 is 0 Å². The van der Waals surface area contributed by atoms with Crippen LogP contribution in [-0.4, -0.2) is 21.5 Å². The van der Waals surface area contributed by atoms with E-state index in [0.29, 0.717) is 13.2 Å². The first kappa shape index (κ1) is 14.3. The molecule has 0 aliphatic heterocycles. The zero-order valence-corrected chi connectivity index (χ0v) is 12.2. The molecular weight excluding hydrogens is 276 g/mol. The smallest absolute Gasteiger partial charge is 0.119 e. The molecule has 0 saturated carbocycles. The summed E-state index contributed by atoms with van der Waals surface area (Å²) in [6, 6.07) is 17.9. The Hall–Kier alpha value is -2.66. The van der Waals surface area contributed by atoms with Crippen LogP contribution in [0.4, 0.5) is 0 Å². The Morgan fingerprint density at radius 1 is 1.00 bits per heavy atom. The Balaban J connectivity index is 1.68. The van der Waals surface area contributed by atoms with Crippen LogP contribution in [0.5, 0.6) is 5.75 Å². The number of ether oxygens (including phenoxy) is 1. The molecule has 0 unspecified atom stereocenters. The molecule has 5 heteroatoms. The Bertz CT molecular complexity index is 707. The van der Waals surface area contributed by atoms with Gasteiger partial charge in [0.15, 0.2) is 0 Å². The molecule has 0 radical (unpaired) electrons. The van der Waals surface area contributed by atoms with Gasteiger partial charge in [0.1, 0.15) is 12.4 Å². The number of aromatic nitrogens is 3. The summed E-state index contributed by atoms with van der Waals surface area (Å²) in [5.41, 5.74) is 8.70. The summed E-state index contributed by atoms with van der Waals surface area (Å²) >= 11 is 0. The minimum absolute atomic E-state index is 0.557. The summed E-state index contributed by atoms with van der Waals surface area (Å²) < 4.78 is 7.58. The molecule has 0 bridgehead atoms. The highest BCUT2D eigenvalue weighted by molar-refractivity contribution is 5.37. The van der Waals surface area contributed by atoms with Gasteiger partial charge in [-0.3, -0.25) is 0 Å². The average molecular weight is 294 g/mol. The number of hydrogen-bond donors (Lipinski definition) is 1. The number of rotatable bonds is 6. The summed E-state index contributed by atoms with van der Waals surface area (Å²) in [5.74, 6) is 0.827. The van der Waals surface area contributed by atoms with Crippen molar-refractivity contribution in [1.29, 1.82) is 0 Å². The van der Waals surface area contributed by atoms with Crippen LogP contribution in [0.25, 0.3) is 5.69 Å². The van der Waals surface area contributed by atoms with Gasteiger partial charge in [0.25, 0.3) is 0 Å². The van der Waals surface area contributed by atoms with Gasteiger partial charge < -0.3 is 10.5 Å². The molecule has 112 valence electrons. The zero-order chi connectivity index (χ0) is 15.2. The van der Waals surface area contributed by atoms with Crippen molar-refractivity contribution in [3.8, 4) is 11.4 Å². The van der Waals surface area contributed by atoms with Crippen molar-refractivity contribution in [2.24, 2.45) is 5.73 Å². The third kappa shape index (κ3) is 3.32. The standard InChI is InChI=1S/C17H18N4O/c18-11-10-16-12-19-20-21(16)15-6-8-17(9-7-15)22-13-14-4-2-1-3-5-14/h1-9,12H,10-11,13,18H2. The van der Waals surface area contributed by atoms with Crippen molar-refractivity contribution in [2.45, 2.75) is 13.0 Å². The van der Waals surface area contributed by atoms with Crippen LogP contribution < -0.4 is 10.5 Å². The van der Waals surface area contributed by atoms with Gasteiger partial charge in [-0.05, 0) is 36.4 Å². The largest absolute Gasteiger partial charge is 0.489 e. The van der Waals surface area contributed by atoms with Gasteiger partial charge in [-0.2, -0.15) is 0 Å². The number of benzene rings is 2. The van der Waals surface area contributed by atoms with E-state index in [2.05, 4.69) is 10.3 Å². The van der Waals surface area contributed by atoms with Crippen molar-refractivity contribution in [3.05, 3.63) is 72.1 Å². The van der Waals surface area contributed by atoms with Gasteiger partial charge in [-0.15, -0.1) is 5.10 Å². The lowest BCUT2D eigenvalue weighted by Crippen LogP contribution is -2.08. The fourth-order valence-corrected chi connectivity index (χ4v) is 2.22. The maximum atomic E-state index is 5.78. The van der Waals surface area contributed by atoms with Crippen LogP contribution in [-0.2, 0) is 13.0 Å². The highest BCUT2D eigenvalue weighted by Gasteiger charge is 2.05. The molecule has 3 rings (SSSR count). The molecule has 1 aromatic heterocycles. The molecule has 0 saturated heterocycles. The summed E-state index contributed by atoms with van der Waals surface area (Å²) in [4.78, 5) is 0. The molecule has 2 N–H and O–H groups in total. The molecular formula is C17H18N4O. The number of nitrogens with two attached hydrogens (primary N) is 1. The third-order valence-electron chi connectivity index (χ3n) is 3.35. The predicted molar refractivity (Wildman–Crippen MR) is 84.9 cm³/mol. The van der Waals surface area contributed by atoms with Crippen LogP contribution in [0.2, 0.25) is 0 Å². The fraction of sp³-hybridized carbons (Fsp3) is 0.176. The number of hydrogen-bond acceptors (Lipinski definition) is 4. The van der Waals surface area contributed by atoms with E-state index in [1.54, 1.807) is 10.9 Å². The summed E-state index contributed by atoms with van der Waals surface area (Å²) in [6.07, 6.45) is 2.49. The van der Waals surface area contributed by atoms with E-state index >= 15 is 0 Å². The highest BCUT2D eigenvalue weighted by atomic mass is 16.5. The van der Waals surface area contributed by atoms with Gasteiger partial charge in [-0.25, -0.2) is 4.68 Å². The minimum atomic E-state index is 0.557. The van der Waals surface area contributed by atoms with Gasteiger partial charge in [0.05, 0.1) is 17.6 Å². The zero-order valence-electron chi connectivity index (χ0n) is 12.2. The SMILES string of the molecule is NCCc1cnnn1-c1ccc(OCc2ccccc2)cc1. The predicted octanol–water partition coefficient (Wildman–Crippen LogP) is 2.35. The maximum Gasteiger partial charge on any atom is 0.119 e. The Labute approximate surface area is 129 Å². The maximum absolute atomic E-state index is 5.78. The number of nitrogens with zero attached hydrogens (tertiary/aromatic N) is 3. The fourth-order valence-electron chi connectivity index (χ4n) is 2.22. The first-order valence-corrected chi connectivity index (χ1v) is 7.23. The lowest BCUT2D eigenvalue weighted by atomic mass is 10.2. The molecule has 22 heavy (non-hydrogen) atoms. The highest BCUT2D eigenvalue weighted by Crippen LogP contribution is 2.17. The van der Waals surface area contributed by atoms with Crippen LogP contribution in [0.3, 0.4) is 0 Å². The van der Waals surface area contributed by atoms with Crippen molar-refractivity contribution < 1.29 is 4.74 Å². The molecule has 2 aromatic carbocycles. The van der Waals surface area contributed by atoms with Crippen LogP contribution in [0.15, 0.2) is 60.8 Å². The van der Waals surface area contributed by atoms with Gasteiger partial charge >= 0.3 is 0 Å². The second kappa shape index (κ2) is 6.87. The molecule has 3 aromatic rings. The normalized spacial score (nSPS) is 10.6. The summed E-state index contributed by atoms with van der Waals surface area (Å²) in [7, 11) is 0. The summed E-state index contributed by atoms with van der Waals surface area (Å²) in [5, 5.41) is 8.04. The molecule has 0 amide bonds. The van der Waals surface area contributed by atoms with E-state index in [1.807, 2.05) is 54.6 Å². The van der Waals surface area contributed by atoms with Crippen molar-refractivity contribution in [1.82, 2.24) is 15.0 Å². The lowest BCUT2D eigenvalue weighted by Gasteiger charge is -2.08. The van der Waals surface area contributed by atoms with E-state index in [-0.39, 0.29) is 0 Å². The summed E-state index contributed by atoms with van der Waals surface area (Å²) in [6.45, 7) is 1.13. The second-order valence-electron chi connectivity index (χ2n) is 4.94. The average Bonchev–Trinajstić information content (AvgIpc) is 3.03. The molecule has 0 spiro atoms. The molecule has 0 aliphatic carbocycles. The lowest BCUT2D eigenvalue weighted by molar-refractivity contribution is 0.306. The Morgan fingerprint density at radius 2 is 1.77 bits per heavy atom. The quantitative estimate of drug-likeness (QED) is 0.758. The van der Waals surface area contributed by atoms with E-state index in [4.69, 9.17) is 10.5 Å². The molecule has 0 fully saturated rings. The van der Waals surface area contributed by atoms with Gasteiger partial charge in [0.2, 0.25) is 0 Å². The topological polar surface area (TPSA) is 66.0 Å². The first-order valence-electron chi connectivity index (χ1n) is 7.23. The second-order valence-corrected chi connectivity index (χ2v) is 4.94. The van der Waals surface area contributed by atoms with E-state index < -0.39 is 0 Å². The van der Waals surface area contributed by atoms with E-state index in [0.717, 1.165) is 29.1 Å². The van der Waals surface area contributed by atoms with Crippen LogP contribution in [0, 0.1) is 0 Å². The van der Waals surface area contributed by atoms with E-state index in [1.165, 1.54) is 0 Å². The van der Waals surface area contributed by atoms with Gasteiger partial charge in [-0.1, -0.05) is 35.5 Å². The van der Waals surface area contributed by atoms with Crippen LogP contribution >= 0.6 is 0 Å². The molecule has 0 atom stereocenters. The Kier molecular flexibility index (Phi) is 4.46. The molecule has 1 heterocycles. The molecule has 5 nitrogen and oxygen atoms in total. The van der Waals surface area contributed by atoms with Crippen molar-refractivity contribution in [3.63, 3.8) is 0 Å². The molecule has 0 aliphatic rings. The third-order valence-corrected chi connectivity index (χ3v) is 3.35. The van der Waals surface area contributed by atoms with Crippen molar-refractivity contribution in [2.75, 3.05) is 6.54 Å². The van der Waals surface area contributed by atoms with E-state index in [9.17, 15) is 0 Å². The van der Waals surface area contributed by atoms with Gasteiger partial charge in [0, 0.05) is 6.42 Å². The Morgan fingerprint density at radius 3 is 2.50 bits per heavy atom. The monoisotopic (exact) mass is 294 g/mol. The first-order chi connectivity index (χ1) is 10.9.